The van der Waals surface area contributed by atoms with Crippen LogP contribution < -0.4 is 18.9 Å². The predicted octanol–water partition coefficient (Wildman–Crippen LogP) is 3.74. The zero-order valence-electron chi connectivity index (χ0n) is 14.3. The number of halogens is 1. The molecule has 0 saturated heterocycles. The van der Waals surface area contributed by atoms with Crippen LogP contribution in [0.4, 0.5) is 0 Å². The van der Waals surface area contributed by atoms with Crippen LogP contribution in [0.3, 0.4) is 0 Å². The Hall–Kier alpha value is -2.41. The molecule has 1 aliphatic rings. The molecule has 26 heavy (non-hydrogen) atoms. The molecule has 0 aromatic heterocycles. The van der Waals surface area contributed by atoms with Crippen LogP contribution in [0.2, 0.25) is 0 Å². The number of carbonyl (C=O) groups excluding carboxylic acids is 1. The molecule has 0 aliphatic carbocycles. The standard InChI is InChI=1S/C19H19BrO6/c1-22-15-4-2-3-5-16(15)23-7-6-19(21)26-12-13-10-17-18(11-14(13)20)25-9-8-24-17/h2-5,10-11H,6-9,12H2,1H3. The van der Waals surface area contributed by atoms with E-state index in [0.29, 0.717) is 36.2 Å². The van der Waals surface area contributed by atoms with Crippen LogP contribution in [0, 0.1) is 0 Å². The number of ether oxygens (including phenoxy) is 5. The lowest BCUT2D eigenvalue weighted by molar-refractivity contribution is -0.145. The highest BCUT2D eigenvalue weighted by Gasteiger charge is 2.16. The monoisotopic (exact) mass is 422 g/mol. The molecule has 0 fully saturated rings. The van der Waals surface area contributed by atoms with E-state index >= 15 is 0 Å². The first-order valence-electron chi connectivity index (χ1n) is 8.17. The summed E-state index contributed by atoms with van der Waals surface area (Å²) >= 11 is 3.46. The average Bonchev–Trinajstić information content (AvgIpc) is 2.66. The first kappa shape index (κ1) is 18.4. The van der Waals surface area contributed by atoms with Crippen molar-refractivity contribution < 1.29 is 28.5 Å². The number of fused-ring (bicyclic) bond motifs is 1. The van der Waals surface area contributed by atoms with E-state index in [9.17, 15) is 4.79 Å². The molecule has 6 nitrogen and oxygen atoms in total. The van der Waals surface area contributed by atoms with Crippen molar-refractivity contribution in [1.82, 2.24) is 0 Å². The zero-order chi connectivity index (χ0) is 18.4. The van der Waals surface area contributed by atoms with Gasteiger partial charge in [-0.1, -0.05) is 28.1 Å². The van der Waals surface area contributed by atoms with Gasteiger partial charge in [-0.25, -0.2) is 0 Å². The molecule has 1 aliphatic heterocycles. The Morgan fingerprint density at radius 1 is 1.12 bits per heavy atom. The quantitative estimate of drug-likeness (QED) is 0.633. The van der Waals surface area contributed by atoms with Crippen LogP contribution in [0.15, 0.2) is 40.9 Å². The van der Waals surface area contributed by atoms with Crippen molar-refractivity contribution in [3.8, 4) is 23.0 Å². The first-order valence-corrected chi connectivity index (χ1v) is 8.96. The van der Waals surface area contributed by atoms with E-state index in [2.05, 4.69) is 15.9 Å². The van der Waals surface area contributed by atoms with Crippen LogP contribution in [0.1, 0.15) is 12.0 Å². The molecular weight excluding hydrogens is 404 g/mol. The summed E-state index contributed by atoms with van der Waals surface area (Å²) in [5, 5.41) is 0. The number of hydrogen-bond donors (Lipinski definition) is 0. The summed E-state index contributed by atoms with van der Waals surface area (Å²) in [6.45, 7) is 1.39. The van der Waals surface area contributed by atoms with Crippen molar-refractivity contribution in [2.45, 2.75) is 13.0 Å². The van der Waals surface area contributed by atoms with E-state index in [1.54, 1.807) is 19.2 Å². The summed E-state index contributed by atoms with van der Waals surface area (Å²) in [6, 6.07) is 10.9. The van der Waals surface area contributed by atoms with E-state index in [4.69, 9.17) is 23.7 Å². The minimum absolute atomic E-state index is 0.139. The Morgan fingerprint density at radius 2 is 1.81 bits per heavy atom. The minimum Gasteiger partial charge on any atom is -0.493 e. The Morgan fingerprint density at radius 3 is 2.54 bits per heavy atom. The number of carbonyl (C=O) groups is 1. The van der Waals surface area contributed by atoms with Gasteiger partial charge in [0.15, 0.2) is 23.0 Å². The molecule has 0 bridgehead atoms. The van der Waals surface area contributed by atoms with Crippen LogP contribution in [0.25, 0.3) is 0 Å². The number of benzene rings is 2. The Bertz CT molecular complexity index is 777. The average molecular weight is 423 g/mol. The Labute approximate surface area is 160 Å². The molecule has 0 atom stereocenters. The van der Waals surface area contributed by atoms with Gasteiger partial charge in [-0.3, -0.25) is 4.79 Å². The number of hydrogen-bond acceptors (Lipinski definition) is 6. The molecule has 0 radical (unpaired) electrons. The highest BCUT2D eigenvalue weighted by molar-refractivity contribution is 9.10. The third kappa shape index (κ3) is 4.60. The lowest BCUT2D eigenvalue weighted by Gasteiger charge is -2.19. The van der Waals surface area contributed by atoms with Crippen molar-refractivity contribution in [3.05, 3.63) is 46.4 Å². The smallest absolute Gasteiger partial charge is 0.309 e. The number of para-hydroxylation sites is 2. The third-order valence-corrected chi connectivity index (χ3v) is 4.47. The highest BCUT2D eigenvalue weighted by atomic mass is 79.9. The van der Waals surface area contributed by atoms with Gasteiger partial charge in [0.05, 0.1) is 20.1 Å². The fraction of sp³-hybridized carbons (Fsp3) is 0.316. The summed E-state index contributed by atoms with van der Waals surface area (Å²) < 4.78 is 28.0. The predicted molar refractivity (Wildman–Crippen MR) is 98.0 cm³/mol. The van der Waals surface area contributed by atoms with Crippen molar-refractivity contribution in [2.75, 3.05) is 26.9 Å². The Kier molecular flexibility index (Phi) is 6.22. The van der Waals surface area contributed by atoms with Gasteiger partial charge in [0.2, 0.25) is 0 Å². The summed E-state index contributed by atoms with van der Waals surface area (Å²) in [4.78, 5) is 12.0. The number of rotatable bonds is 7. The van der Waals surface area contributed by atoms with E-state index in [0.717, 1.165) is 10.0 Å². The van der Waals surface area contributed by atoms with Gasteiger partial charge in [0, 0.05) is 10.0 Å². The Balaban J connectivity index is 1.48. The van der Waals surface area contributed by atoms with E-state index < -0.39 is 0 Å². The summed E-state index contributed by atoms with van der Waals surface area (Å²) in [6.07, 6.45) is 0.139. The van der Waals surface area contributed by atoms with Gasteiger partial charge in [0.25, 0.3) is 0 Å². The van der Waals surface area contributed by atoms with Crippen molar-refractivity contribution in [2.24, 2.45) is 0 Å². The maximum atomic E-state index is 12.0. The van der Waals surface area contributed by atoms with Gasteiger partial charge in [-0.2, -0.15) is 0 Å². The molecule has 0 saturated carbocycles. The maximum Gasteiger partial charge on any atom is 0.309 e. The normalized spacial score (nSPS) is 12.4. The van der Waals surface area contributed by atoms with Crippen LogP contribution in [0.5, 0.6) is 23.0 Å². The van der Waals surface area contributed by atoms with Crippen LogP contribution in [-0.2, 0) is 16.1 Å². The van der Waals surface area contributed by atoms with Gasteiger partial charge >= 0.3 is 5.97 Å². The maximum absolute atomic E-state index is 12.0. The SMILES string of the molecule is COc1ccccc1OCCC(=O)OCc1cc2c(cc1Br)OCCO2. The molecule has 2 aromatic rings. The molecule has 0 N–H and O–H groups in total. The number of methoxy groups -OCH3 is 1. The molecule has 0 amide bonds. The van der Waals surface area contributed by atoms with Gasteiger partial charge in [0.1, 0.15) is 19.8 Å². The molecule has 0 spiro atoms. The second kappa shape index (κ2) is 8.80. The summed E-state index contributed by atoms with van der Waals surface area (Å²) in [7, 11) is 1.57. The second-order valence-corrected chi connectivity index (χ2v) is 6.35. The molecule has 1 heterocycles. The fourth-order valence-corrected chi connectivity index (χ4v) is 2.87. The molecule has 0 unspecified atom stereocenters. The molecule has 3 rings (SSSR count). The topological polar surface area (TPSA) is 63.2 Å². The van der Waals surface area contributed by atoms with Crippen molar-refractivity contribution in [1.29, 1.82) is 0 Å². The van der Waals surface area contributed by atoms with Gasteiger partial charge < -0.3 is 23.7 Å². The van der Waals surface area contributed by atoms with Crippen LogP contribution in [-0.4, -0.2) is 32.9 Å². The van der Waals surface area contributed by atoms with Crippen molar-refractivity contribution in [3.63, 3.8) is 0 Å². The largest absolute Gasteiger partial charge is 0.493 e. The van der Waals surface area contributed by atoms with Gasteiger partial charge in [-0.05, 0) is 24.3 Å². The molecular formula is C19H19BrO6. The van der Waals surface area contributed by atoms with E-state index in [1.807, 2.05) is 24.3 Å². The van der Waals surface area contributed by atoms with E-state index in [-0.39, 0.29) is 25.6 Å². The molecule has 7 heteroatoms. The van der Waals surface area contributed by atoms with Crippen LogP contribution >= 0.6 is 15.9 Å². The minimum atomic E-state index is -0.346. The lowest BCUT2D eigenvalue weighted by Crippen LogP contribution is -2.16. The molecule has 2 aromatic carbocycles. The summed E-state index contributed by atoms with van der Waals surface area (Å²) in [5.41, 5.74) is 0.813. The first-order chi connectivity index (χ1) is 12.7. The highest BCUT2D eigenvalue weighted by Crippen LogP contribution is 2.35. The third-order valence-electron chi connectivity index (χ3n) is 3.73. The van der Waals surface area contributed by atoms with Crippen molar-refractivity contribution >= 4 is 21.9 Å². The molecule has 138 valence electrons. The zero-order valence-corrected chi connectivity index (χ0v) is 15.9. The summed E-state index contributed by atoms with van der Waals surface area (Å²) in [5.74, 6) is 2.22. The number of esters is 1. The fourth-order valence-electron chi connectivity index (χ4n) is 2.43. The second-order valence-electron chi connectivity index (χ2n) is 5.50. The van der Waals surface area contributed by atoms with E-state index in [1.165, 1.54) is 0 Å². The lowest BCUT2D eigenvalue weighted by atomic mass is 10.2. The van der Waals surface area contributed by atoms with Gasteiger partial charge in [-0.15, -0.1) is 0 Å².